The van der Waals surface area contributed by atoms with Crippen LogP contribution in [0.15, 0.2) is 24.3 Å². The van der Waals surface area contributed by atoms with Gasteiger partial charge in [-0.15, -0.1) is 0 Å². The molecule has 6 heteroatoms. The molecule has 27 heavy (non-hydrogen) atoms. The van der Waals surface area contributed by atoms with Crippen LogP contribution < -0.4 is 0 Å². The Bertz CT molecular complexity index is 524. The predicted molar refractivity (Wildman–Crippen MR) is 107 cm³/mol. The third-order valence-corrected chi connectivity index (χ3v) is 4.76. The fourth-order valence-electron chi connectivity index (χ4n) is 3.07. The lowest BCUT2D eigenvalue weighted by Gasteiger charge is -2.30. The molecular weight excluding hydrogens is 346 g/mol. The van der Waals surface area contributed by atoms with E-state index in [-0.39, 0.29) is 19.6 Å². The molecule has 1 atom stereocenters. The molecule has 0 radical (unpaired) electrons. The lowest BCUT2D eigenvalue weighted by atomic mass is 9.90. The van der Waals surface area contributed by atoms with Gasteiger partial charge in [0.05, 0.1) is 13.2 Å². The van der Waals surface area contributed by atoms with E-state index in [9.17, 15) is 15.2 Å². The van der Waals surface area contributed by atoms with Gasteiger partial charge >= 0.3 is 0 Å². The van der Waals surface area contributed by atoms with Crippen molar-refractivity contribution in [3.8, 4) is 0 Å². The Hall–Kier alpha value is -1.50. The zero-order valence-corrected chi connectivity index (χ0v) is 17.0. The van der Waals surface area contributed by atoms with Gasteiger partial charge in [-0.25, -0.2) is 0 Å². The van der Waals surface area contributed by atoms with Crippen molar-refractivity contribution in [3.05, 3.63) is 45.5 Å². The molecule has 6 nitrogen and oxygen atoms in total. The number of hydrogen-bond donors (Lipinski definition) is 1. The van der Waals surface area contributed by atoms with Crippen molar-refractivity contribution >= 4 is 0 Å². The summed E-state index contributed by atoms with van der Waals surface area (Å²) in [4.78, 5) is 11.3. The second-order valence-electron chi connectivity index (χ2n) is 7.01. The quantitative estimate of drug-likeness (QED) is 0.284. The number of benzene rings is 1. The van der Waals surface area contributed by atoms with Crippen LogP contribution in [-0.4, -0.2) is 48.1 Å². The van der Waals surface area contributed by atoms with Gasteiger partial charge in [0.25, 0.3) is 0 Å². The van der Waals surface area contributed by atoms with E-state index in [1.807, 2.05) is 24.3 Å². The Morgan fingerprint density at radius 1 is 1.00 bits per heavy atom. The molecule has 0 aromatic heterocycles. The van der Waals surface area contributed by atoms with Gasteiger partial charge in [-0.1, -0.05) is 50.5 Å². The van der Waals surface area contributed by atoms with Crippen LogP contribution in [0.5, 0.6) is 0 Å². The molecule has 1 N–H and O–H groups in total. The summed E-state index contributed by atoms with van der Waals surface area (Å²) in [5, 5.41) is 22.6. The van der Waals surface area contributed by atoms with E-state index in [2.05, 4.69) is 6.92 Å². The molecule has 0 spiro atoms. The van der Waals surface area contributed by atoms with E-state index in [4.69, 9.17) is 9.47 Å². The summed E-state index contributed by atoms with van der Waals surface area (Å²) < 4.78 is 10.6. The standard InChI is InChI=1S/C21H35NO5/c1-4-7-8-9-10-18-11-13-19(14-12-18)15-20(22(24)25)21(23,16-26-5-2)17-27-6-3/h11-14,20,23H,4-10,15-17H2,1-3H3. The van der Waals surface area contributed by atoms with Crippen molar-refractivity contribution < 1.29 is 19.5 Å². The van der Waals surface area contributed by atoms with Crippen molar-refractivity contribution in [1.82, 2.24) is 0 Å². The number of ether oxygens (including phenoxy) is 2. The van der Waals surface area contributed by atoms with Crippen LogP contribution in [0.1, 0.15) is 57.6 Å². The van der Waals surface area contributed by atoms with E-state index in [1.54, 1.807) is 13.8 Å². The van der Waals surface area contributed by atoms with Crippen LogP contribution >= 0.6 is 0 Å². The Kier molecular flexibility index (Phi) is 11.2. The average molecular weight is 382 g/mol. The molecular formula is C21H35NO5. The second-order valence-corrected chi connectivity index (χ2v) is 7.01. The second kappa shape index (κ2) is 12.8. The first-order valence-electron chi connectivity index (χ1n) is 10.1. The highest BCUT2D eigenvalue weighted by Crippen LogP contribution is 2.21. The minimum atomic E-state index is -1.66. The van der Waals surface area contributed by atoms with E-state index in [0.29, 0.717) is 13.2 Å². The third kappa shape index (κ3) is 8.37. The number of nitrogens with zero attached hydrogens (tertiary/aromatic N) is 1. The van der Waals surface area contributed by atoms with E-state index < -0.39 is 16.6 Å². The van der Waals surface area contributed by atoms with Crippen molar-refractivity contribution in [1.29, 1.82) is 0 Å². The van der Waals surface area contributed by atoms with Crippen LogP contribution in [0.3, 0.4) is 0 Å². The number of aryl methyl sites for hydroxylation is 1. The number of nitro groups is 1. The zero-order valence-electron chi connectivity index (χ0n) is 17.0. The first-order valence-corrected chi connectivity index (χ1v) is 10.1. The van der Waals surface area contributed by atoms with Gasteiger partial charge in [-0.05, 0) is 37.8 Å². The van der Waals surface area contributed by atoms with Crippen LogP contribution in [0.4, 0.5) is 0 Å². The molecule has 0 amide bonds. The molecule has 0 fully saturated rings. The Morgan fingerprint density at radius 3 is 2.04 bits per heavy atom. The summed E-state index contributed by atoms with van der Waals surface area (Å²) in [5.41, 5.74) is 0.417. The molecule has 1 rings (SSSR count). The number of rotatable bonds is 15. The minimum absolute atomic E-state index is 0.120. The molecule has 154 valence electrons. The van der Waals surface area contributed by atoms with Crippen molar-refractivity contribution in [2.45, 2.75) is 70.9 Å². The number of hydrogen-bond acceptors (Lipinski definition) is 5. The Balaban J connectivity index is 2.80. The summed E-state index contributed by atoms with van der Waals surface area (Å²) in [6.45, 7) is 6.30. The van der Waals surface area contributed by atoms with Gasteiger partial charge in [0, 0.05) is 24.6 Å². The topological polar surface area (TPSA) is 81.8 Å². The van der Waals surface area contributed by atoms with Crippen molar-refractivity contribution in [3.63, 3.8) is 0 Å². The summed E-state index contributed by atoms with van der Waals surface area (Å²) in [6, 6.07) is 6.72. The number of unbranched alkanes of at least 4 members (excludes halogenated alkanes) is 3. The number of aliphatic hydroxyl groups is 1. The van der Waals surface area contributed by atoms with Gasteiger partial charge in [0.15, 0.2) is 5.60 Å². The highest BCUT2D eigenvalue weighted by atomic mass is 16.6. The fraction of sp³-hybridized carbons (Fsp3) is 0.714. The van der Waals surface area contributed by atoms with Gasteiger partial charge in [-0.2, -0.15) is 0 Å². The van der Waals surface area contributed by atoms with Gasteiger partial charge in [0.1, 0.15) is 0 Å². The molecule has 0 aliphatic heterocycles. The monoisotopic (exact) mass is 381 g/mol. The molecule has 0 aliphatic carbocycles. The third-order valence-electron chi connectivity index (χ3n) is 4.76. The first-order chi connectivity index (χ1) is 13.0. The summed E-state index contributed by atoms with van der Waals surface area (Å²) >= 11 is 0. The first kappa shape index (κ1) is 23.5. The fourth-order valence-corrected chi connectivity index (χ4v) is 3.07. The maximum Gasteiger partial charge on any atom is 0.249 e. The molecule has 1 unspecified atom stereocenters. The molecule has 1 aromatic carbocycles. The van der Waals surface area contributed by atoms with Crippen molar-refractivity contribution in [2.75, 3.05) is 26.4 Å². The van der Waals surface area contributed by atoms with Gasteiger partial charge in [0.2, 0.25) is 6.04 Å². The van der Waals surface area contributed by atoms with Crippen LogP contribution in [-0.2, 0) is 22.3 Å². The van der Waals surface area contributed by atoms with Gasteiger partial charge < -0.3 is 14.6 Å². The SMILES string of the molecule is CCCCCCc1ccc(CC([N+](=O)[O-])C(O)(COCC)COCC)cc1. The van der Waals surface area contributed by atoms with E-state index in [0.717, 1.165) is 18.4 Å². The van der Waals surface area contributed by atoms with Gasteiger partial charge in [-0.3, -0.25) is 10.1 Å². The summed E-state index contributed by atoms with van der Waals surface area (Å²) in [6.07, 6.45) is 6.02. The summed E-state index contributed by atoms with van der Waals surface area (Å²) in [5.74, 6) is 0. The van der Waals surface area contributed by atoms with Crippen LogP contribution in [0.2, 0.25) is 0 Å². The van der Waals surface area contributed by atoms with E-state index >= 15 is 0 Å². The minimum Gasteiger partial charge on any atom is -0.378 e. The maximum absolute atomic E-state index is 11.7. The largest absolute Gasteiger partial charge is 0.378 e. The highest BCUT2D eigenvalue weighted by molar-refractivity contribution is 5.23. The smallest absolute Gasteiger partial charge is 0.249 e. The average Bonchev–Trinajstić information content (AvgIpc) is 2.67. The molecule has 0 heterocycles. The van der Waals surface area contributed by atoms with Crippen LogP contribution in [0.25, 0.3) is 0 Å². The Labute approximate surface area is 163 Å². The lowest BCUT2D eigenvalue weighted by Crippen LogP contribution is -2.55. The lowest BCUT2D eigenvalue weighted by molar-refractivity contribution is -0.548. The predicted octanol–water partition coefficient (Wildman–Crippen LogP) is 3.80. The Morgan fingerprint density at radius 2 is 1.56 bits per heavy atom. The molecule has 0 saturated carbocycles. The van der Waals surface area contributed by atoms with Crippen LogP contribution in [0, 0.1) is 10.1 Å². The van der Waals surface area contributed by atoms with E-state index in [1.165, 1.54) is 24.8 Å². The molecule has 0 aliphatic rings. The maximum atomic E-state index is 11.7. The molecule has 1 aromatic rings. The molecule has 0 bridgehead atoms. The van der Waals surface area contributed by atoms with Crippen molar-refractivity contribution in [2.24, 2.45) is 0 Å². The zero-order chi connectivity index (χ0) is 20.1. The normalized spacial score (nSPS) is 12.9. The summed E-state index contributed by atoms with van der Waals surface area (Å²) in [7, 11) is 0. The highest BCUT2D eigenvalue weighted by Gasteiger charge is 2.46. The molecule has 0 saturated heterocycles.